The number of pyridine rings is 1. The van der Waals surface area contributed by atoms with Crippen molar-refractivity contribution in [3.63, 3.8) is 0 Å². The van der Waals surface area contributed by atoms with Crippen LogP contribution in [0.1, 0.15) is 72.3 Å². The average Bonchev–Trinajstić information content (AvgIpc) is 3.48. The topological polar surface area (TPSA) is 107 Å². The second-order valence-electron chi connectivity index (χ2n) is 8.81. The van der Waals surface area contributed by atoms with Gasteiger partial charge in [-0.2, -0.15) is 13.2 Å². The second kappa shape index (κ2) is 11.7. The normalized spacial score (nSPS) is 17.7. The molecule has 37 heavy (non-hydrogen) atoms. The van der Waals surface area contributed by atoms with Crippen LogP contribution in [0.15, 0.2) is 12.3 Å². The molecule has 1 aliphatic rings. The maximum Gasteiger partial charge on any atom is 0.408 e. The number of carbonyl (C=O) groups is 2. The van der Waals surface area contributed by atoms with Gasteiger partial charge in [-0.15, -0.1) is 11.3 Å². The molecule has 0 unspecified atom stereocenters. The number of rotatable bonds is 9. The molecule has 0 radical (unpaired) electrons. The van der Waals surface area contributed by atoms with E-state index in [9.17, 15) is 36.6 Å². The lowest BCUT2D eigenvalue weighted by atomic mass is 10.1. The molecule has 8 nitrogen and oxygen atoms in total. The Morgan fingerprint density at radius 3 is 2.57 bits per heavy atom. The molecule has 204 valence electrons. The van der Waals surface area contributed by atoms with E-state index in [-0.39, 0.29) is 33.8 Å². The lowest BCUT2D eigenvalue weighted by molar-refractivity contribution is -0.138. The molecule has 0 spiro atoms. The molecule has 0 aromatic carbocycles. The number of thiazole rings is 1. The molecule has 0 bridgehead atoms. The van der Waals surface area contributed by atoms with E-state index in [1.54, 1.807) is 11.8 Å². The number of amides is 2. The number of anilines is 1. The summed E-state index contributed by atoms with van der Waals surface area (Å²) in [6.45, 7) is 4.51. The summed E-state index contributed by atoms with van der Waals surface area (Å²) in [5.41, 5.74) is -1.08. The van der Waals surface area contributed by atoms with Gasteiger partial charge in [0.2, 0.25) is 0 Å². The minimum absolute atomic E-state index is 0.0375. The molecule has 2 aromatic rings. The van der Waals surface area contributed by atoms with Gasteiger partial charge < -0.3 is 20.6 Å². The zero-order valence-corrected chi connectivity index (χ0v) is 21.2. The van der Waals surface area contributed by atoms with Crippen molar-refractivity contribution in [2.24, 2.45) is 0 Å². The lowest BCUT2D eigenvalue weighted by Gasteiger charge is -2.21. The third-order valence-electron chi connectivity index (χ3n) is 6.16. The number of aliphatic hydroxyl groups excluding tert-OH is 1. The first-order valence-electron chi connectivity index (χ1n) is 11.7. The zero-order valence-electron chi connectivity index (χ0n) is 20.4. The van der Waals surface area contributed by atoms with Crippen molar-refractivity contribution < 1.29 is 36.6 Å². The Labute approximate surface area is 214 Å². The molecule has 2 amide bonds. The van der Waals surface area contributed by atoms with Gasteiger partial charge in [-0.1, -0.05) is 6.92 Å². The highest BCUT2D eigenvalue weighted by Gasteiger charge is 2.37. The SMILES string of the molecule is CC[C@@H](CO)NC(=O)c1nc(C(=O)N2CCC[C@@H]2C)c(-c2cnc(N[C@@H](C)C(F)(F)F)cc2C(F)F)s1. The lowest BCUT2D eigenvalue weighted by Crippen LogP contribution is -2.37. The van der Waals surface area contributed by atoms with Crippen LogP contribution in [0.2, 0.25) is 0 Å². The second-order valence-corrected chi connectivity index (χ2v) is 9.81. The molecular weight excluding hydrogens is 521 g/mol. The van der Waals surface area contributed by atoms with Crippen molar-refractivity contribution in [1.82, 2.24) is 20.2 Å². The molecule has 0 saturated carbocycles. The fourth-order valence-corrected chi connectivity index (χ4v) is 4.86. The van der Waals surface area contributed by atoms with Gasteiger partial charge in [-0.25, -0.2) is 18.7 Å². The summed E-state index contributed by atoms with van der Waals surface area (Å²) < 4.78 is 67.0. The quantitative estimate of drug-likeness (QED) is 0.394. The molecule has 3 heterocycles. The van der Waals surface area contributed by atoms with Crippen LogP contribution in [-0.2, 0) is 0 Å². The number of nitrogens with zero attached hydrogens (tertiary/aromatic N) is 3. The van der Waals surface area contributed by atoms with Crippen LogP contribution in [0.5, 0.6) is 0 Å². The maximum atomic E-state index is 14.1. The van der Waals surface area contributed by atoms with Gasteiger partial charge in [-0.3, -0.25) is 9.59 Å². The van der Waals surface area contributed by atoms with Crippen molar-refractivity contribution in [2.75, 3.05) is 18.5 Å². The van der Waals surface area contributed by atoms with E-state index in [0.717, 1.165) is 32.0 Å². The standard InChI is InChI=1S/C23H28F5N5O3S/c1-4-13(10-34)31-20(35)21-32-17(22(36)33-7-5-6-11(33)2)18(37-21)15-9-29-16(8-14(15)19(24)25)30-12(3)23(26,27)28/h8-9,11-13,19,34H,4-7,10H2,1-3H3,(H,29,30)(H,31,35)/t11-,12-,13-/m0/s1. The Morgan fingerprint density at radius 2 is 2.03 bits per heavy atom. The molecular formula is C23H28F5N5O3S. The maximum absolute atomic E-state index is 14.1. The monoisotopic (exact) mass is 549 g/mol. The first-order valence-corrected chi connectivity index (χ1v) is 12.5. The van der Waals surface area contributed by atoms with E-state index in [0.29, 0.717) is 24.3 Å². The average molecular weight is 550 g/mol. The van der Waals surface area contributed by atoms with Crippen LogP contribution >= 0.6 is 11.3 Å². The number of nitrogens with one attached hydrogen (secondary N) is 2. The van der Waals surface area contributed by atoms with E-state index in [1.807, 2.05) is 6.92 Å². The number of alkyl halides is 5. The largest absolute Gasteiger partial charge is 0.408 e. The summed E-state index contributed by atoms with van der Waals surface area (Å²) in [4.78, 5) is 35.7. The summed E-state index contributed by atoms with van der Waals surface area (Å²) in [6.07, 6.45) is -4.88. The molecule has 2 aromatic heterocycles. The molecule has 3 N–H and O–H groups in total. The van der Waals surface area contributed by atoms with Gasteiger partial charge >= 0.3 is 6.18 Å². The van der Waals surface area contributed by atoms with E-state index < -0.39 is 47.9 Å². The molecule has 14 heteroatoms. The number of carbonyl (C=O) groups excluding carboxylic acids is 2. The molecule has 3 rings (SSSR count). The summed E-state index contributed by atoms with van der Waals surface area (Å²) in [5, 5.41) is 13.9. The van der Waals surface area contributed by atoms with Crippen LogP contribution in [-0.4, -0.2) is 69.2 Å². The molecule has 0 aliphatic carbocycles. The van der Waals surface area contributed by atoms with Gasteiger partial charge in [0.05, 0.1) is 17.5 Å². The molecule has 1 aliphatic heterocycles. The summed E-state index contributed by atoms with van der Waals surface area (Å²) in [6, 6.07) is -1.94. The van der Waals surface area contributed by atoms with Gasteiger partial charge in [0.15, 0.2) is 5.01 Å². The Kier molecular flexibility index (Phi) is 9.05. The highest BCUT2D eigenvalue weighted by Crippen LogP contribution is 2.39. The zero-order chi connectivity index (χ0) is 27.5. The number of likely N-dealkylation sites (tertiary alicyclic amines) is 1. The number of aromatic nitrogens is 2. The van der Waals surface area contributed by atoms with E-state index in [4.69, 9.17) is 0 Å². The Morgan fingerprint density at radius 1 is 1.32 bits per heavy atom. The van der Waals surface area contributed by atoms with Crippen molar-refractivity contribution in [1.29, 1.82) is 0 Å². The third-order valence-corrected chi connectivity index (χ3v) is 7.24. The van der Waals surface area contributed by atoms with Crippen molar-refractivity contribution in [2.45, 2.75) is 70.8 Å². The number of hydrogen-bond donors (Lipinski definition) is 3. The highest BCUT2D eigenvalue weighted by molar-refractivity contribution is 7.17. The summed E-state index contributed by atoms with van der Waals surface area (Å²) >= 11 is 0.702. The first-order chi connectivity index (χ1) is 17.4. The third kappa shape index (κ3) is 6.53. The Balaban J connectivity index is 2.09. The predicted molar refractivity (Wildman–Crippen MR) is 128 cm³/mol. The molecule has 1 fully saturated rings. The first kappa shape index (κ1) is 28.7. The van der Waals surface area contributed by atoms with Gasteiger partial charge in [-0.05, 0) is 39.2 Å². The van der Waals surface area contributed by atoms with Gasteiger partial charge in [0.1, 0.15) is 17.6 Å². The van der Waals surface area contributed by atoms with Crippen LogP contribution in [0.4, 0.5) is 27.8 Å². The predicted octanol–water partition coefficient (Wildman–Crippen LogP) is 4.63. The molecule has 1 saturated heterocycles. The van der Waals surface area contributed by atoms with Crippen LogP contribution in [0.25, 0.3) is 10.4 Å². The van der Waals surface area contributed by atoms with Crippen molar-refractivity contribution in [3.8, 4) is 10.4 Å². The van der Waals surface area contributed by atoms with Crippen LogP contribution < -0.4 is 10.6 Å². The number of halogens is 5. The fourth-order valence-electron chi connectivity index (χ4n) is 3.86. The Hall–Kier alpha value is -2.87. The van der Waals surface area contributed by atoms with Gasteiger partial charge in [0.25, 0.3) is 18.2 Å². The van der Waals surface area contributed by atoms with Crippen molar-refractivity contribution >= 4 is 29.0 Å². The van der Waals surface area contributed by atoms with Crippen molar-refractivity contribution in [3.05, 3.63) is 28.5 Å². The van der Waals surface area contributed by atoms with Crippen LogP contribution in [0, 0.1) is 0 Å². The minimum Gasteiger partial charge on any atom is -0.394 e. The molecule has 3 atom stereocenters. The number of hydrogen-bond acceptors (Lipinski definition) is 7. The van der Waals surface area contributed by atoms with E-state index in [2.05, 4.69) is 20.6 Å². The highest BCUT2D eigenvalue weighted by atomic mass is 32.1. The van der Waals surface area contributed by atoms with E-state index in [1.165, 1.54) is 0 Å². The van der Waals surface area contributed by atoms with E-state index >= 15 is 0 Å². The van der Waals surface area contributed by atoms with Gasteiger partial charge in [0, 0.05) is 29.9 Å². The summed E-state index contributed by atoms with van der Waals surface area (Å²) in [7, 11) is 0. The minimum atomic E-state index is -4.62. The fraction of sp³-hybridized carbons (Fsp3) is 0.565. The van der Waals surface area contributed by atoms with Crippen LogP contribution in [0.3, 0.4) is 0 Å². The Bertz CT molecular complexity index is 1120. The summed E-state index contributed by atoms with van der Waals surface area (Å²) in [5.74, 6) is -1.65. The smallest absolute Gasteiger partial charge is 0.394 e. The number of aliphatic hydroxyl groups is 1.